The third kappa shape index (κ3) is 6.46. The molecule has 1 aromatic carbocycles. The second kappa shape index (κ2) is 9.02. The molecule has 0 amide bonds. The maximum atomic E-state index is 12.8. The van der Waals surface area contributed by atoms with Crippen LogP contribution in [0.25, 0.3) is 0 Å². The molecule has 0 aliphatic heterocycles. The molecule has 1 aromatic heterocycles. The molecular formula is C15H17FN2S3. The largest absolute Gasteiger partial charge is 0.362 e. The van der Waals surface area contributed by atoms with Gasteiger partial charge in [-0.1, -0.05) is 18.2 Å². The molecule has 112 valence electrons. The highest BCUT2D eigenvalue weighted by molar-refractivity contribution is 7.98. The highest BCUT2D eigenvalue weighted by atomic mass is 32.2. The lowest BCUT2D eigenvalue weighted by atomic mass is 10.2. The van der Waals surface area contributed by atoms with Gasteiger partial charge >= 0.3 is 0 Å². The van der Waals surface area contributed by atoms with E-state index in [0.29, 0.717) is 11.7 Å². The van der Waals surface area contributed by atoms with Gasteiger partial charge in [-0.15, -0.1) is 11.3 Å². The maximum Gasteiger partial charge on any atom is 0.166 e. The minimum atomic E-state index is -0.220. The molecule has 0 spiro atoms. The van der Waals surface area contributed by atoms with E-state index in [2.05, 4.69) is 28.1 Å². The predicted octanol–water partition coefficient (Wildman–Crippen LogP) is 3.78. The Bertz CT molecular complexity index is 541. The molecule has 2 aromatic rings. The van der Waals surface area contributed by atoms with Crippen LogP contribution in [0.1, 0.15) is 10.4 Å². The minimum absolute atomic E-state index is 0.220. The molecule has 0 aliphatic carbocycles. The van der Waals surface area contributed by atoms with Crippen molar-refractivity contribution < 1.29 is 4.39 Å². The third-order valence-corrected chi connectivity index (χ3v) is 5.08. The summed E-state index contributed by atoms with van der Waals surface area (Å²) >= 11 is 8.88. The first-order valence-electron chi connectivity index (χ1n) is 6.60. The number of rotatable bonds is 7. The molecule has 2 rings (SSSR count). The van der Waals surface area contributed by atoms with Crippen molar-refractivity contribution in [1.82, 2.24) is 10.6 Å². The Morgan fingerprint density at radius 1 is 1.19 bits per heavy atom. The summed E-state index contributed by atoms with van der Waals surface area (Å²) in [5.74, 6) is 1.84. The molecule has 0 fully saturated rings. The average molecular weight is 341 g/mol. The van der Waals surface area contributed by atoms with Crippen molar-refractivity contribution in [2.45, 2.75) is 12.3 Å². The number of hydrogen-bond acceptors (Lipinski definition) is 3. The fraction of sp³-hybridized carbons (Fsp3) is 0.267. The molecule has 0 bridgehead atoms. The second-order valence-electron chi connectivity index (χ2n) is 4.37. The van der Waals surface area contributed by atoms with Gasteiger partial charge in [-0.25, -0.2) is 4.39 Å². The zero-order valence-corrected chi connectivity index (χ0v) is 13.9. The summed E-state index contributed by atoms with van der Waals surface area (Å²) in [6, 6.07) is 10.6. The lowest BCUT2D eigenvalue weighted by Crippen LogP contribution is -2.36. The third-order valence-electron chi connectivity index (χ3n) is 2.72. The zero-order chi connectivity index (χ0) is 14.9. The first-order chi connectivity index (χ1) is 10.2. The molecular weight excluding hydrogens is 323 g/mol. The van der Waals surface area contributed by atoms with Gasteiger partial charge in [0.25, 0.3) is 0 Å². The molecule has 2 nitrogen and oxygen atoms in total. The first-order valence-corrected chi connectivity index (χ1v) is 9.04. The summed E-state index contributed by atoms with van der Waals surface area (Å²) < 4.78 is 12.8. The van der Waals surface area contributed by atoms with Gasteiger partial charge in [0, 0.05) is 29.5 Å². The van der Waals surface area contributed by atoms with Crippen molar-refractivity contribution in [1.29, 1.82) is 0 Å². The Hall–Kier alpha value is -1.11. The fourth-order valence-corrected chi connectivity index (χ4v) is 3.52. The monoisotopic (exact) mass is 340 g/mol. The molecule has 0 radical (unpaired) electrons. The molecule has 21 heavy (non-hydrogen) atoms. The summed E-state index contributed by atoms with van der Waals surface area (Å²) in [7, 11) is 0. The lowest BCUT2D eigenvalue weighted by molar-refractivity contribution is 0.626. The van der Waals surface area contributed by atoms with E-state index in [0.717, 1.165) is 23.6 Å². The van der Waals surface area contributed by atoms with Gasteiger partial charge in [0.15, 0.2) is 5.11 Å². The molecule has 0 aliphatic rings. The number of benzene rings is 1. The lowest BCUT2D eigenvalue weighted by Gasteiger charge is -2.10. The van der Waals surface area contributed by atoms with Crippen LogP contribution in [0.5, 0.6) is 0 Å². The molecule has 0 saturated heterocycles. The SMILES string of the molecule is Fc1ccc(CNC(=S)NCCSCc2cccs2)cc1. The Morgan fingerprint density at radius 2 is 2.00 bits per heavy atom. The van der Waals surface area contributed by atoms with Crippen LogP contribution in [0.15, 0.2) is 41.8 Å². The van der Waals surface area contributed by atoms with E-state index in [4.69, 9.17) is 12.2 Å². The maximum absolute atomic E-state index is 12.8. The van der Waals surface area contributed by atoms with Gasteiger partial charge in [0.1, 0.15) is 5.82 Å². The minimum Gasteiger partial charge on any atom is -0.362 e. The van der Waals surface area contributed by atoms with E-state index < -0.39 is 0 Å². The van der Waals surface area contributed by atoms with Crippen molar-refractivity contribution in [3.63, 3.8) is 0 Å². The summed E-state index contributed by atoms with van der Waals surface area (Å²) in [5.41, 5.74) is 1.01. The molecule has 1 heterocycles. The molecule has 6 heteroatoms. The van der Waals surface area contributed by atoms with Crippen LogP contribution in [0.2, 0.25) is 0 Å². The van der Waals surface area contributed by atoms with E-state index in [1.54, 1.807) is 23.5 Å². The van der Waals surface area contributed by atoms with Crippen LogP contribution in [-0.2, 0) is 12.3 Å². The van der Waals surface area contributed by atoms with E-state index in [-0.39, 0.29) is 5.82 Å². The standard InChI is InChI=1S/C15H17FN2S3/c16-13-5-3-12(4-6-13)10-18-15(19)17-7-9-20-11-14-2-1-8-21-14/h1-6,8H,7,9-11H2,(H2,17,18,19). The molecule has 0 unspecified atom stereocenters. The van der Waals surface area contributed by atoms with Crippen molar-refractivity contribution in [2.24, 2.45) is 0 Å². The van der Waals surface area contributed by atoms with Crippen molar-refractivity contribution in [3.05, 3.63) is 58.0 Å². The van der Waals surface area contributed by atoms with Crippen LogP contribution in [0.3, 0.4) is 0 Å². The van der Waals surface area contributed by atoms with E-state index in [1.807, 2.05) is 11.8 Å². The molecule has 0 atom stereocenters. The van der Waals surface area contributed by atoms with Crippen LogP contribution in [0.4, 0.5) is 4.39 Å². The number of thioether (sulfide) groups is 1. The predicted molar refractivity (Wildman–Crippen MR) is 94.3 cm³/mol. The summed E-state index contributed by atoms with van der Waals surface area (Å²) in [5, 5.41) is 9.02. The van der Waals surface area contributed by atoms with Crippen LogP contribution in [-0.4, -0.2) is 17.4 Å². The van der Waals surface area contributed by atoms with Gasteiger partial charge in [-0.3, -0.25) is 0 Å². The topological polar surface area (TPSA) is 24.1 Å². The molecule has 2 N–H and O–H groups in total. The van der Waals surface area contributed by atoms with Crippen molar-refractivity contribution in [3.8, 4) is 0 Å². The average Bonchev–Trinajstić information content (AvgIpc) is 2.99. The number of hydrogen-bond donors (Lipinski definition) is 2. The normalized spacial score (nSPS) is 10.3. The van der Waals surface area contributed by atoms with E-state index >= 15 is 0 Å². The Morgan fingerprint density at radius 3 is 2.71 bits per heavy atom. The zero-order valence-electron chi connectivity index (χ0n) is 11.5. The van der Waals surface area contributed by atoms with Crippen LogP contribution < -0.4 is 10.6 Å². The summed E-state index contributed by atoms with van der Waals surface area (Å²) in [6.45, 7) is 1.44. The highest BCUT2D eigenvalue weighted by Crippen LogP contribution is 2.16. The Labute approximate surface area is 138 Å². The Balaban J connectivity index is 1.54. The van der Waals surface area contributed by atoms with Crippen molar-refractivity contribution >= 4 is 40.4 Å². The van der Waals surface area contributed by atoms with Gasteiger partial charge < -0.3 is 10.6 Å². The summed E-state index contributed by atoms with van der Waals surface area (Å²) in [4.78, 5) is 1.40. The van der Waals surface area contributed by atoms with Crippen LogP contribution >= 0.6 is 35.3 Å². The fourth-order valence-electron chi connectivity index (χ4n) is 1.65. The number of nitrogens with one attached hydrogen (secondary N) is 2. The van der Waals surface area contributed by atoms with E-state index in [9.17, 15) is 4.39 Å². The first kappa shape index (κ1) is 16.3. The number of halogens is 1. The van der Waals surface area contributed by atoms with Gasteiger partial charge in [0.2, 0.25) is 0 Å². The van der Waals surface area contributed by atoms with E-state index in [1.165, 1.54) is 17.0 Å². The summed E-state index contributed by atoms with van der Waals surface area (Å²) in [6.07, 6.45) is 0. The second-order valence-corrected chi connectivity index (χ2v) is 6.91. The number of thiocarbonyl (C=S) groups is 1. The van der Waals surface area contributed by atoms with Gasteiger partial charge in [0.05, 0.1) is 0 Å². The van der Waals surface area contributed by atoms with Gasteiger partial charge in [-0.05, 0) is 41.4 Å². The quantitative estimate of drug-likeness (QED) is 0.592. The smallest absolute Gasteiger partial charge is 0.166 e. The van der Waals surface area contributed by atoms with Crippen molar-refractivity contribution in [2.75, 3.05) is 12.3 Å². The number of thiophene rings is 1. The van der Waals surface area contributed by atoms with Gasteiger partial charge in [-0.2, -0.15) is 11.8 Å². The highest BCUT2D eigenvalue weighted by Gasteiger charge is 1.98. The molecule has 0 saturated carbocycles. The Kier molecular flexibility index (Phi) is 6.99. The van der Waals surface area contributed by atoms with Crippen LogP contribution in [0, 0.1) is 5.82 Å².